The van der Waals surface area contributed by atoms with E-state index < -0.39 is 0 Å². The van der Waals surface area contributed by atoms with Crippen LogP contribution in [-0.4, -0.2) is 25.3 Å². The van der Waals surface area contributed by atoms with Gasteiger partial charge in [0.25, 0.3) is 0 Å². The van der Waals surface area contributed by atoms with Gasteiger partial charge in [0.15, 0.2) is 0 Å². The number of hydrogen-bond donors (Lipinski definition) is 1. The summed E-state index contributed by atoms with van der Waals surface area (Å²) >= 11 is 0. The maximum absolute atomic E-state index is 5.28. The summed E-state index contributed by atoms with van der Waals surface area (Å²) in [6.07, 6.45) is 2.32. The van der Waals surface area contributed by atoms with E-state index in [4.69, 9.17) is 4.74 Å². The molecule has 0 amide bonds. The first-order valence-electron chi connectivity index (χ1n) is 4.58. The van der Waals surface area contributed by atoms with Gasteiger partial charge in [-0.25, -0.2) is 0 Å². The van der Waals surface area contributed by atoms with Gasteiger partial charge in [0.1, 0.15) is 0 Å². The molecule has 2 heteroatoms. The van der Waals surface area contributed by atoms with Gasteiger partial charge >= 0.3 is 0 Å². The molecule has 2 aliphatic heterocycles. The summed E-state index contributed by atoms with van der Waals surface area (Å²) < 4.78 is 5.28. The molecule has 1 spiro atoms. The number of rotatable bonds is 0. The van der Waals surface area contributed by atoms with Crippen LogP contribution in [0.25, 0.3) is 0 Å². The highest BCUT2D eigenvalue weighted by Crippen LogP contribution is 2.40. The molecule has 0 bridgehead atoms. The SMILES string of the molecule is CC(C)(C)C1=CCNC12COC2. The van der Waals surface area contributed by atoms with E-state index in [0.717, 1.165) is 19.8 Å². The number of nitrogens with one attached hydrogen (secondary N) is 1. The Morgan fingerprint density at radius 3 is 2.42 bits per heavy atom. The summed E-state index contributed by atoms with van der Waals surface area (Å²) in [5.41, 5.74) is 2.02. The third-order valence-electron chi connectivity index (χ3n) is 2.77. The molecule has 2 rings (SSSR count). The molecule has 0 saturated carbocycles. The van der Waals surface area contributed by atoms with Crippen LogP contribution >= 0.6 is 0 Å². The molecule has 2 heterocycles. The Hall–Kier alpha value is -0.340. The van der Waals surface area contributed by atoms with Gasteiger partial charge < -0.3 is 10.1 Å². The van der Waals surface area contributed by atoms with Crippen LogP contribution in [0.2, 0.25) is 0 Å². The molecule has 2 nitrogen and oxygen atoms in total. The fourth-order valence-corrected chi connectivity index (χ4v) is 2.23. The Morgan fingerprint density at radius 1 is 1.42 bits per heavy atom. The van der Waals surface area contributed by atoms with Crippen molar-refractivity contribution in [3.63, 3.8) is 0 Å². The van der Waals surface area contributed by atoms with Crippen molar-refractivity contribution in [2.75, 3.05) is 19.8 Å². The van der Waals surface area contributed by atoms with Crippen LogP contribution in [0.1, 0.15) is 20.8 Å². The normalized spacial score (nSPS) is 27.1. The van der Waals surface area contributed by atoms with Gasteiger partial charge in [-0.3, -0.25) is 0 Å². The quantitative estimate of drug-likeness (QED) is 0.550. The average Bonchev–Trinajstić information content (AvgIpc) is 2.25. The van der Waals surface area contributed by atoms with E-state index in [-0.39, 0.29) is 11.0 Å². The molecule has 1 N–H and O–H groups in total. The monoisotopic (exact) mass is 167 g/mol. The van der Waals surface area contributed by atoms with Gasteiger partial charge in [-0.15, -0.1) is 0 Å². The maximum atomic E-state index is 5.28. The number of hydrogen-bond acceptors (Lipinski definition) is 2. The zero-order valence-electron chi connectivity index (χ0n) is 8.11. The van der Waals surface area contributed by atoms with Crippen LogP contribution in [0.4, 0.5) is 0 Å². The molecule has 0 unspecified atom stereocenters. The van der Waals surface area contributed by atoms with E-state index >= 15 is 0 Å². The average molecular weight is 167 g/mol. The lowest BCUT2D eigenvalue weighted by Crippen LogP contribution is -2.60. The lowest BCUT2D eigenvalue weighted by atomic mass is 9.74. The summed E-state index contributed by atoms with van der Waals surface area (Å²) in [6, 6.07) is 0. The smallest absolute Gasteiger partial charge is 0.0876 e. The summed E-state index contributed by atoms with van der Waals surface area (Å²) in [4.78, 5) is 0. The Morgan fingerprint density at radius 2 is 2.08 bits per heavy atom. The highest BCUT2D eigenvalue weighted by molar-refractivity contribution is 5.33. The van der Waals surface area contributed by atoms with E-state index in [9.17, 15) is 0 Å². The molecule has 0 aromatic heterocycles. The van der Waals surface area contributed by atoms with E-state index in [1.807, 2.05) is 0 Å². The van der Waals surface area contributed by atoms with Gasteiger partial charge in [-0.2, -0.15) is 0 Å². The summed E-state index contributed by atoms with van der Waals surface area (Å²) in [5, 5.41) is 3.51. The molecule has 0 radical (unpaired) electrons. The highest BCUT2D eigenvalue weighted by atomic mass is 16.5. The van der Waals surface area contributed by atoms with Gasteiger partial charge in [0, 0.05) is 6.54 Å². The minimum atomic E-state index is 0.207. The molecule has 1 fully saturated rings. The topological polar surface area (TPSA) is 21.3 Å². The van der Waals surface area contributed by atoms with Crippen LogP contribution in [0.5, 0.6) is 0 Å². The Kier molecular flexibility index (Phi) is 1.61. The van der Waals surface area contributed by atoms with Crippen LogP contribution in [0, 0.1) is 5.41 Å². The van der Waals surface area contributed by atoms with Crippen LogP contribution in [0.15, 0.2) is 11.6 Å². The molecular weight excluding hydrogens is 150 g/mol. The van der Waals surface area contributed by atoms with E-state index in [0.29, 0.717) is 0 Å². The van der Waals surface area contributed by atoms with Crippen molar-refractivity contribution < 1.29 is 4.74 Å². The van der Waals surface area contributed by atoms with Gasteiger partial charge in [0.05, 0.1) is 18.8 Å². The molecule has 0 aromatic carbocycles. The lowest BCUT2D eigenvalue weighted by Gasteiger charge is -2.45. The van der Waals surface area contributed by atoms with Crippen molar-refractivity contribution in [3.8, 4) is 0 Å². The molecular formula is C10H17NO. The summed E-state index contributed by atoms with van der Waals surface area (Å²) in [5.74, 6) is 0. The maximum Gasteiger partial charge on any atom is 0.0876 e. The Bertz CT molecular complexity index is 220. The molecule has 68 valence electrons. The second kappa shape index (κ2) is 2.33. The first-order chi connectivity index (χ1) is 5.55. The minimum Gasteiger partial charge on any atom is -0.377 e. The van der Waals surface area contributed by atoms with Crippen molar-refractivity contribution in [2.24, 2.45) is 5.41 Å². The second-order valence-corrected chi connectivity index (χ2v) is 4.82. The summed E-state index contributed by atoms with van der Waals surface area (Å²) in [7, 11) is 0. The first kappa shape index (κ1) is 8.27. The predicted octanol–water partition coefficient (Wildman–Crippen LogP) is 1.33. The van der Waals surface area contributed by atoms with Crippen LogP contribution in [-0.2, 0) is 4.74 Å². The fraction of sp³-hybridized carbons (Fsp3) is 0.800. The standard InChI is InChI=1S/C10H17NO/c1-9(2,3)8-4-5-11-10(8)6-12-7-10/h4,11H,5-7H2,1-3H3. The number of ether oxygens (including phenoxy) is 1. The highest BCUT2D eigenvalue weighted by Gasteiger charge is 2.47. The molecule has 0 atom stereocenters. The van der Waals surface area contributed by atoms with Gasteiger partial charge in [0.2, 0.25) is 0 Å². The molecule has 1 saturated heterocycles. The van der Waals surface area contributed by atoms with Crippen molar-refractivity contribution in [1.29, 1.82) is 0 Å². The molecule has 0 aliphatic carbocycles. The van der Waals surface area contributed by atoms with Crippen LogP contribution in [0.3, 0.4) is 0 Å². The van der Waals surface area contributed by atoms with Crippen molar-refractivity contribution >= 4 is 0 Å². The third-order valence-corrected chi connectivity index (χ3v) is 2.77. The minimum absolute atomic E-state index is 0.207. The first-order valence-corrected chi connectivity index (χ1v) is 4.58. The third kappa shape index (κ3) is 1.02. The molecule has 12 heavy (non-hydrogen) atoms. The molecule has 2 aliphatic rings. The second-order valence-electron chi connectivity index (χ2n) is 4.82. The van der Waals surface area contributed by atoms with Gasteiger partial charge in [-0.1, -0.05) is 26.8 Å². The molecule has 0 aromatic rings. The zero-order valence-corrected chi connectivity index (χ0v) is 8.11. The Labute approximate surface area is 74.0 Å². The van der Waals surface area contributed by atoms with Crippen molar-refractivity contribution in [1.82, 2.24) is 5.32 Å². The Balaban J connectivity index is 2.24. The fourth-order valence-electron chi connectivity index (χ4n) is 2.23. The predicted molar refractivity (Wildman–Crippen MR) is 49.1 cm³/mol. The zero-order chi connectivity index (χ0) is 8.82. The lowest BCUT2D eigenvalue weighted by molar-refractivity contribution is -0.0546. The van der Waals surface area contributed by atoms with Crippen LogP contribution < -0.4 is 5.32 Å². The van der Waals surface area contributed by atoms with Gasteiger partial charge in [-0.05, 0) is 11.0 Å². The van der Waals surface area contributed by atoms with E-state index in [2.05, 4.69) is 32.2 Å². The van der Waals surface area contributed by atoms with Crippen molar-refractivity contribution in [2.45, 2.75) is 26.3 Å². The van der Waals surface area contributed by atoms with Crippen molar-refractivity contribution in [3.05, 3.63) is 11.6 Å². The van der Waals surface area contributed by atoms with E-state index in [1.165, 1.54) is 5.57 Å². The summed E-state index contributed by atoms with van der Waals surface area (Å²) in [6.45, 7) is 9.53. The van der Waals surface area contributed by atoms with E-state index in [1.54, 1.807) is 0 Å². The largest absolute Gasteiger partial charge is 0.377 e.